The zero-order valence-corrected chi connectivity index (χ0v) is 13.4. The van der Waals surface area contributed by atoms with Crippen molar-refractivity contribution < 1.29 is 0 Å². The fraction of sp³-hybridized carbons (Fsp3) is 0. The number of fused-ring (bicyclic) bond motifs is 2. The molecular weight excluding hydrogens is 330 g/mol. The Morgan fingerprint density at radius 3 is 1.62 bits per heavy atom. The first-order chi connectivity index (χ1) is 12.8. The average Bonchev–Trinajstić information content (AvgIpc) is 3.24. The molecule has 9 nitrogen and oxygen atoms in total. The number of imidazole rings is 2. The van der Waals surface area contributed by atoms with E-state index < -0.39 is 0 Å². The molecule has 0 saturated heterocycles. The van der Waals surface area contributed by atoms with Crippen LogP contribution < -0.4 is 10.6 Å². The maximum Gasteiger partial charge on any atom is 0.234 e. The van der Waals surface area contributed by atoms with Gasteiger partial charge in [0.25, 0.3) is 0 Å². The lowest BCUT2D eigenvalue weighted by Crippen LogP contribution is -2.04. The molecule has 0 saturated carbocycles. The van der Waals surface area contributed by atoms with Crippen molar-refractivity contribution >= 4 is 45.9 Å². The monoisotopic (exact) mass is 343 g/mol. The number of benzene rings is 2. The molecule has 0 aliphatic rings. The van der Waals surface area contributed by atoms with Crippen LogP contribution >= 0.6 is 0 Å². The second-order valence-electron chi connectivity index (χ2n) is 5.59. The highest BCUT2D eigenvalue weighted by molar-refractivity contribution is 5.78. The summed E-state index contributed by atoms with van der Waals surface area (Å²) in [6, 6.07) is 15.5. The van der Waals surface area contributed by atoms with Gasteiger partial charge in [-0.3, -0.25) is 10.6 Å². The lowest BCUT2D eigenvalue weighted by Gasteiger charge is -2.03. The Hall–Kier alpha value is -4.01. The fourth-order valence-corrected chi connectivity index (χ4v) is 2.65. The minimum Gasteiger partial charge on any atom is -0.324 e. The van der Waals surface area contributed by atoms with Crippen LogP contribution in [0.15, 0.2) is 54.9 Å². The quantitative estimate of drug-likeness (QED) is 0.396. The Bertz CT molecular complexity index is 1050. The van der Waals surface area contributed by atoms with E-state index in [2.05, 4.69) is 45.5 Å². The molecular formula is C17H13N9. The summed E-state index contributed by atoms with van der Waals surface area (Å²) in [5.41, 5.74) is 3.60. The van der Waals surface area contributed by atoms with Crippen LogP contribution in [0.1, 0.15) is 0 Å². The van der Waals surface area contributed by atoms with E-state index in [0.717, 1.165) is 22.1 Å². The molecule has 4 N–H and O–H groups in total. The number of nitrogens with zero attached hydrogens (tertiary/aromatic N) is 5. The van der Waals surface area contributed by atoms with Crippen molar-refractivity contribution in [1.29, 1.82) is 0 Å². The van der Waals surface area contributed by atoms with Crippen molar-refractivity contribution in [3.8, 4) is 0 Å². The van der Waals surface area contributed by atoms with Crippen LogP contribution in [0.2, 0.25) is 0 Å². The molecule has 126 valence electrons. The number of H-pyrrole nitrogens is 2. The summed E-state index contributed by atoms with van der Waals surface area (Å²) < 4.78 is 0. The predicted octanol–water partition coefficient (Wildman–Crippen LogP) is 3.11. The van der Waals surface area contributed by atoms with Crippen molar-refractivity contribution in [1.82, 2.24) is 34.9 Å². The molecule has 5 aromatic rings. The van der Waals surface area contributed by atoms with Crippen LogP contribution in [0, 0.1) is 0 Å². The maximum absolute atomic E-state index is 4.44. The molecule has 5 rings (SSSR count). The molecule has 0 atom stereocenters. The van der Waals surface area contributed by atoms with Gasteiger partial charge < -0.3 is 9.97 Å². The van der Waals surface area contributed by atoms with Crippen LogP contribution in [0.25, 0.3) is 22.1 Å². The van der Waals surface area contributed by atoms with Crippen molar-refractivity contribution in [3.05, 3.63) is 54.9 Å². The molecule has 3 heterocycles. The van der Waals surface area contributed by atoms with Crippen LogP contribution in [0.3, 0.4) is 0 Å². The standard InChI is InChI=1S/C17H13N9/c1-2-6-11-10(5-1)20-16(21-11)25-14-18-9-19-15(24-14)26-17-22-12-7-3-4-8-13(12)23-17/h1-9H,(H4,18,19,20,21,22,23,24,25,26). The van der Waals surface area contributed by atoms with Crippen molar-refractivity contribution in [2.75, 3.05) is 10.6 Å². The SMILES string of the molecule is c1ccc2[nH]c(Nc3ncnc(Nc4nc5ccccc5[nH]4)n3)nc2c1. The molecule has 0 aliphatic carbocycles. The number of hydrogen-bond donors (Lipinski definition) is 4. The van der Waals surface area contributed by atoms with Crippen LogP contribution in [0.5, 0.6) is 0 Å². The number of rotatable bonds is 4. The highest BCUT2D eigenvalue weighted by Gasteiger charge is 2.07. The third-order valence-corrected chi connectivity index (χ3v) is 3.81. The number of aromatic amines is 2. The predicted molar refractivity (Wildman–Crippen MR) is 98.6 cm³/mol. The van der Waals surface area contributed by atoms with Gasteiger partial charge in [0.15, 0.2) is 0 Å². The van der Waals surface area contributed by atoms with Gasteiger partial charge in [0.2, 0.25) is 23.8 Å². The van der Waals surface area contributed by atoms with Gasteiger partial charge in [0, 0.05) is 0 Å². The molecule has 2 aromatic carbocycles. The highest BCUT2D eigenvalue weighted by atomic mass is 15.3. The first-order valence-electron chi connectivity index (χ1n) is 7.96. The largest absolute Gasteiger partial charge is 0.324 e. The molecule has 0 radical (unpaired) electrons. The maximum atomic E-state index is 4.44. The number of anilines is 4. The van der Waals surface area contributed by atoms with Gasteiger partial charge in [-0.25, -0.2) is 19.9 Å². The zero-order valence-electron chi connectivity index (χ0n) is 13.4. The molecule has 0 unspecified atom stereocenters. The van der Waals surface area contributed by atoms with Gasteiger partial charge in [-0.15, -0.1) is 0 Å². The van der Waals surface area contributed by atoms with Gasteiger partial charge in [-0.2, -0.15) is 4.98 Å². The minimum absolute atomic E-state index is 0.373. The summed E-state index contributed by atoms with van der Waals surface area (Å²) in [5.74, 6) is 1.87. The summed E-state index contributed by atoms with van der Waals surface area (Å²) in [6.07, 6.45) is 1.42. The summed E-state index contributed by atoms with van der Waals surface area (Å²) in [4.78, 5) is 27.8. The minimum atomic E-state index is 0.373. The first-order valence-corrected chi connectivity index (χ1v) is 7.96. The average molecular weight is 343 g/mol. The molecule has 3 aromatic heterocycles. The Morgan fingerprint density at radius 1 is 0.615 bits per heavy atom. The molecule has 0 amide bonds. The number of aromatic nitrogens is 7. The summed E-state index contributed by atoms with van der Waals surface area (Å²) in [5, 5.41) is 6.09. The summed E-state index contributed by atoms with van der Waals surface area (Å²) >= 11 is 0. The van der Waals surface area contributed by atoms with E-state index in [4.69, 9.17) is 0 Å². The highest BCUT2D eigenvalue weighted by Crippen LogP contribution is 2.18. The van der Waals surface area contributed by atoms with Crippen molar-refractivity contribution in [2.45, 2.75) is 0 Å². The van der Waals surface area contributed by atoms with E-state index in [9.17, 15) is 0 Å². The molecule has 26 heavy (non-hydrogen) atoms. The van der Waals surface area contributed by atoms with Gasteiger partial charge in [0.05, 0.1) is 22.1 Å². The lowest BCUT2D eigenvalue weighted by atomic mass is 10.3. The topological polar surface area (TPSA) is 120 Å². The lowest BCUT2D eigenvalue weighted by molar-refractivity contribution is 1.04. The van der Waals surface area contributed by atoms with E-state index >= 15 is 0 Å². The molecule has 9 heteroatoms. The van der Waals surface area contributed by atoms with Gasteiger partial charge in [-0.1, -0.05) is 24.3 Å². The van der Waals surface area contributed by atoms with Crippen LogP contribution in [-0.2, 0) is 0 Å². The van der Waals surface area contributed by atoms with Crippen molar-refractivity contribution in [3.63, 3.8) is 0 Å². The molecule has 0 spiro atoms. The van der Waals surface area contributed by atoms with Crippen LogP contribution in [0.4, 0.5) is 23.8 Å². The fourth-order valence-electron chi connectivity index (χ4n) is 2.65. The number of nitrogens with one attached hydrogen (secondary N) is 4. The van der Waals surface area contributed by atoms with Crippen LogP contribution in [-0.4, -0.2) is 34.9 Å². The van der Waals surface area contributed by atoms with Crippen molar-refractivity contribution in [2.24, 2.45) is 0 Å². The van der Waals surface area contributed by atoms with E-state index in [1.807, 2.05) is 48.5 Å². The second-order valence-corrected chi connectivity index (χ2v) is 5.59. The van der Waals surface area contributed by atoms with Gasteiger partial charge in [-0.05, 0) is 24.3 Å². The number of para-hydroxylation sites is 4. The Kier molecular flexibility index (Phi) is 3.21. The zero-order chi connectivity index (χ0) is 17.3. The van der Waals surface area contributed by atoms with E-state index in [-0.39, 0.29) is 0 Å². The Balaban J connectivity index is 1.39. The number of hydrogen-bond acceptors (Lipinski definition) is 7. The summed E-state index contributed by atoms with van der Waals surface area (Å²) in [6.45, 7) is 0. The molecule has 0 fully saturated rings. The normalized spacial score (nSPS) is 11.1. The van der Waals surface area contributed by atoms with E-state index in [0.29, 0.717) is 23.8 Å². The molecule has 0 aliphatic heterocycles. The smallest absolute Gasteiger partial charge is 0.234 e. The second kappa shape index (κ2) is 5.81. The van der Waals surface area contributed by atoms with E-state index in [1.165, 1.54) is 6.33 Å². The first kappa shape index (κ1) is 14.3. The third kappa shape index (κ3) is 2.67. The third-order valence-electron chi connectivity index (χ3n) is 3.81. The van der Waals surface area contributed by atoms with Gasteiger partial charge in [0.1, 0.15) is 6.33 Å². The van der Waals surface area contributed by atoms with E-state index in [1.54, 1.807) is 0 Å². The summed E-state index contributed by atoms with van der Waals surface area (Å²) in [7, 11) is 0. The van der Waals surface area contributed by atoms with Gasteiger partial charge >= 0.3 is 0 Å². The molecule has 0 bridgehead atoms. The Morgan fingerprint density at radius 2 is 1.12 bits per heavy atom. The Labute approximate surface area is 147 Å².